The van der Waals surface area contributed by atoms with Gasteiger partial charge >= 0.3 is 23.9 Å². The summed E-state index contributed by atoms with van der Waals surface area (Å²) in [5.41, 5.74) is 16.6. The van der Waals surface area contributed by atoms with Crippen LogP contribution < -0.4 is 0 Å². The highest BCUT2D eigenvalue weighted by Crippen LogP contribution is 2.51. The number of fused-ring (bicyclic) bond motifs is 8. The summed E-state index contributed by atoms with van der Waals surface area (Å²) in [7, 11) is 6.16. The second kappa shape index (κ2) is 64.3. The van der Waals surface area contributed by atoms with Crippen molar-refractivity contribution >= 4 is 70.2 Å². The molecule has 0 saturated carbocycles. The van der Waals surface area contributed by atoms with Gasteiger partial charge in [0.25, 0.3) is 0 Å². The normalized spacial score (nSPS) is 12.8. The van der Waals surface area contributed by atoms with Crippen LogP contribution in [-0.2, 0) is 63.8 Å². The van der Waals surface area contributed by atoms with E-state index in [-0.39, 0.29) is 23.9 Å². The number of ether oxygens (including phenoxy) is 4. The van der Waals surface area contributed by atoms with Crippen LogP contribution in [0.2, 0.25) is 0 Å². The number of esters is 4. The number of methoxy groups -OCH3 is 4. The third-order valence-corrected chi connectivity index (χ3v) is 28.4. The van der Waals surface area contributed by atoms with Gasteiger partial charge in [-0.05, 0) is 151 Å². The predicted molar refractivity (Wildman–Crippen MR) is 558 cm³/mol. The van der Waals surface area contributed by atoms with Crippen LogP contribution in [0, 0.1) is 23.7 Å². The van der Waals surface area contributed by atoms with Gasteiger partial charge in [0.1, 0.15) is 0 Å². The second-order valence-electron chi connectivity index (χ2n) is 39.0. The number of unbranched alkanes of at least 4 members (excludes halogenated alkanes) is 48. The standard InChI is InChI=1S/C120H174N4O8/c1-9-13-17-21-25-29-33-37-41-45-49-53-57-73-98(117(125)129-5)87-94-69-61-65-77-107(94)113-110-86-85-105(123-110)92-104-82-81-102(121-104)91-103-83-84-106(122-103)93-112-114(108-78-66-62-70-95(108)88-99(118(126)130-6)74-58-54-50-46-42-38-34-30-26-22-18-14-10-2)115(109-79-67-63-71-96(109)89-100(119(127)131-7)75-59-55-51-47-43-39-35-31-27-23-19-15-11-3)116(113)124(112)111-80-68-64-72-97(111)90-101(120(128)132-8)76-60-56-52-48-44-40-36-32-28-24-20-16-12-4/h61-72,77-86,91-93,98-101,121H,9-60,73-76,87-90H2,1-8H3. The lowest BCUT2D eigenvalue weighted by Crippen LogP contribution is -2.20. The van der Waals surface area contributed by atoms with Gasteiger partial charge < -0.3 is 28.5 Å². The molecule has 722 valence electrons. The maximum absolute atomic E-state index is 15.0. The first-order valence-corrected chi connectivity index (χ1v) is 53.8. The molecule has 8 bridgehead atoms. The molecule has 0 spiro atoms. The van der Waals surface area contributed by atoms with E-state index >= 15 is 0 Å². The van der Waals surface area contributed by atoms with E-state index in [1.54, 1.807) is 14.2 Å². The Labute approximate surface area is 799 Å². The first kappa shape index (κ1) is 107. The summed E-state index contributed by atoms with van der Waals surface area (Å²) in [6, 6.07) is 45.5. The number of para-hydroxylation sites is 1. The minimum atomic E-state index is -0.469. The lowest BCUT2D eigenvalue weighted by molar-refractivity contribution is -0.146. The van der Waals surface area contributed by atoms with E-state index in [2.05, 4.69) is 189 Å². The smallest absolute Gasteiger partial charge is 0.308 e. The molecule has 12 heteroatoms. The topological polar surface area (TPSA) is 152 Å². The SMILES string of the molecule is CCCCCCCCCCCCCCCC(Cc1ccccc1-c1c(-c2ccccc2CC(CCCCCCCCCCCCCCC)C(=O)OC)c2c(-c3ccccc3CC(CCCCCCCCCCCCCCC)C(=O)OC)c3nc(cc4ccc(cc5nc(cc1n2-c1ccccc1CC(CCCCCCCCCCCCCCC)C(=O)OC)C=C5)[nH]4)C=C3)C(=O)OC. The first-order valence-electron chi connectivity index (χ1n) is 53.8. The molecule has 4 aromatic carbocycles. The van der Waals surface area contributed by atoms with Gasteiger partial charge in [-0.15, -0.1) is 0 Å². The molecule has 0 radical (unpaired) electrons. The Morgan fingerprint density at radius 2 is 0.538 bits per heavy atom. The number of carbonyl (C=O) groups excluding carboxylic acids is 4. The molecule has 4 unspecified atom stereocenters. The number of benzene rings is 4. The quantitative estimate of drug-likeness (QED) is 0.0222. The summed E-state index contributed by atoms with van der Waals surface area (Å²) < 4.78 is 26.1. The van der Waals surface area contributed by atoms with Gasteiger partial charge in [0.05, 0.1) is 85.9 Å². The zero-order chi connectivity index (χ0) is 93.2. The molecule has 0 fully saturated rings. The van der Waals surface area contributed by atoms with Gasteiger partial charge in [-0.25, -0.2) is 9.97 Å². The summed E-state index contributed by atoms with van der Waals surface area (Å²) in [6.07, 6.45) is 76.8. The van der Waals surface area contributed by atoms with Crippen molar-refractivity contribution in [2.45, 2.75) is 413 Å². The Bertz CT molecular complexity index is 4690. The maximum atomic E-state index is 15.0. The Balaban J connectivity index is 1.28. The van der Waals surface area contributed by atoms with Crippen molar-refractivity contribution in [1.29, 1.82) is 0 Å². The molecule has 9 rings (SSSR count). The Morgan fingerprint density at radius 1 is 0.280 bits per heavy atom. The van der Waals surface area contributed by atoms with Crippen LogP contribution in [0.1, 0.15) is 432 Å². The van der Waals surface area contributed by atoms with E-state index in [1.165, 1.54) is 271 Å². The summed E-state index contributed by atoms with van der Waals surface area (Å²) >= 11 is 0. The summed E-state index contributed by atoms with van der Waals surface area (Å²) in [4.78, 5) is 74.7. The van der Waals surface area contributed by atoms with E-state index in [4.69, 9.17) is 28.9 Å². The zero-order valence-corrected chi connectivity index (χ0v) is 83.8. The van der Waals surface area contributed by atoms with Crippen molar-refractivity contribution in [2.24, 2.45) is 23.7 Å². The van der Waals surface area contributed by atoms with Gasteiger partial charge in [-0.3, -0.25) is 19.2 Å². The highest BCUT2D eigenvalue weighted by atomic mass is 16.5. The fourth-order valence-electron chi connectivity index (χ4n) is 20.6. The number of aromatic amines is 1. The number of nitrogens with one attached hydrogen (secondary N) is 1. The van der Waals surface area contributed by atoms with Crippen molar-refractivity contribution < 1.29 is 38.1 Å². The molecule has 2 aliphatic heterocycles. The maximum Gasteiger partial charge on any atom is 0.308 e. The molecule has 0 aliphatic carbocycles. The second-order valence-corrected chi connectivity index (χ2v) is 39.0. The van der Waals surface area contributed by atoms with Crippen molar-refractivity contribution in [3.63, 3.8) is 0 Å². The monoisotopic (exact) mass is 1800 g/mol. The Morgan fingerprint density at radius 3 is 0.864 bits per heavy atom. The molecule has 0 amide bonds. The molecular weight excluding hydrogens is 1630 g/mol. The number of carbonyl (C=O) groups is 4. The van der Waals surface area contributed by atoms with Gasteiger partial charge in [-0.1, -0.05) is 453 Å². The summed E-state index contributed by atoms with van der Waals surface area (Å²) in [5, 5.41) is 0. The lowest BCUT2D eigenvalue weighted by Gasteiger charge is -2.22. The van der Waals surface area contributed by atoms with Crippen molar-refractivity contribution in [1.82, 2.24) is 19.5 Å². The molecular formula is C120H174N4O8. The summed E-state index contributed by atoms with van der Waals surface area (Å²) in [6.45, 7) is 9.14. The Hall–Kier alpha value is -8.64. The van der Waals surface area contributed by atoms with Gasteiger partial charge in [0.2, 0.25) is 0 Å². The van der Waals surface area contributed by atoms with E-state index in [0.29, 0.717) is 57.1 Å². The molecule has 0 saturated heterocycles. The number of H-pyrrole nitrogens is 1. The van der Waals surface area contributed by atoms with Gasteiger partial charge in [0, 0.05) is 33.4 Å². The fraction of sp³-hybridized carbons (Fsp3) is 0.600. The predicted octanol–water partition coefficient (Wildman–Crippen LogP) is 34.4. The molecule has 2 aliphatic rings. The zero-order valence-electron chi connectivity index (χ0n) is 83.8. The number of nitrogens with zero attached hydrogens (tertiary/aromatic N) is 3. The van der Waals surface area contributed by atoms with E-state index in [9.17, 15) is 19.2 Å². The van der Waals surface area contributed by atoms with Crippen LogP contribution in [0.3, 0.4) is 0 Å². The third-order valence-electron chi connectivity index (χ3n) is 28.4. The van der Waals surface area contributed by atoms with E-state index in [0.717, 1.165) is 178 Å². The molecule has 5 heterocycles. The minimum absolute atomic E-state index is 0.220. The average molecular weight is 1800 g/mol. The molecule has 132 heavy (non-hydrogen) atoms. The highest BCUT2D eigenvalue weighted by molar-refractivity contribution is 6.12. The van der Waals surface area contributed by atoms with E-state index in [1.807, 2.05) is 0 Å². The number of hydrogen-bond acceptors (Lipinski definition) is 10. The van der Waals surface area contributed by atoms with Crippen molar-refractivity contribution in [2.75, 3.05) is 28.4 Å². The lowest BCUT2D eigenvalue weighted by atomic mass is 9.83. The number of aromatic nitrogens is 4. The highest BCUT2D eigenvalue weighted by Gasteiger charge is 2.34. The van der Waals surface area contributed by atoms with Crippen LogP contribution in [0.5, 0.6) is 0 Å². The first-order chi connectivity index (χ1) is 64.9. The summed E-state index contributed by atoms with van der Waals surface area (Å²) in [5.74, 6) is -2.75. The average Bonchev–Trinajstić information content (AvgIpc) is 1.55. The molecule has 4 atom stereocenters. The van der Waals surface area contributed by atoms with Crippen LogP contribution in [0.25, 0.3) is 85.4 Å². The molecule has 12 nitrogen and oxygen atoms in total. The van der Waals surface area contributed by atoms with Crippen LogP contribution >= 0.6 is 0 Å². The number of rotatable bonds is 72. The van der Waals surface area contributed by atoms with Crippen LogP contribution in [0.4, 0.5) is 0 Å². The van der Waals surface area contributed by atoms with E-state index < -0.39 is 23.7 Å². The molecule has 1 N–H and O–H groups in total. The van der Waals surface area contributed by atoms with Crippen LogP contribution in [-0.4, -0.2) is 71.8 Å². The van der Waals surface area contributed by atoms with Gasteiger partial charge in [-0.2, -0.15) is 0 Å². The largest absolute Gasteiger partial charge is 0.469 e. The molecule has 3 aromatic heterocycles. The molecule has 7 aromatic rings. The van der Waals surface area contributed by atoms with Crippen LogP contribution in [0.15, 0.2) is 127 Å². The third kappa shape index (κ3) is 36.9. The minimum Gasteiger partial charge on any atom is -0.469 e. The van der Waals surface area contributed by atoms with Crippen molar-refractivity contribution in [3.05, 3.63) is 172 Å². The van der Waals surface area contributed by atoms with Gasteiger partial charge in [0.15, 0.2) is 0 Å². The Kier molecular flexibility index (Phi) is 52.2. The van der Waals surface area contributed by atoms with Crippen molar-refractivity contribution in [3.8, 4) is 39.1 Å². The number of hydrogen-bond donors (Lipinski definition) is 1. The fourth-order valence-corrected chi connectivity index (χ4v) is 20.6.